The number of carbonyl (C=O) groups is 1. The molecule has 8 heteroatoms. The summed E-state index contributed by atoms with van der Waals surface area (Å²) in [5.74, 6) is 1.77. The number of nitro benzene ring substituents is 1. The summed E-state index contributed by atoms with van der Waals surface area (Å²) in [6.07, 6.45) is 0.598. The van der Waals surface area contributed by atoms with Gasteiger partial charge in [0.25, 0.3) is 5.69 Å². The summed E-state index contributed by atoms with van der Waals surface area (Å²) in [7, 11) is 0. The number of hydrogen-bond donors (Lipinski definition) is 0. The summed E-state index contributed by atoms with van der Waals surface area (Å²) in [5.41, 5.74) is 2.59. The fourth-order valence-corrected chi connectivity index (χ4v) is 3.72. The Labute approximate surface area is 177 Å². The largest absolute Gasteiger partial charge is 0.353 e. The van der Waals surface area contributed by atoms with Crippen LogP contribution in [-0.4, -0.2) is 51.9 Å². The molecule has 1 saturated heterocycles. The van der Waals surface area contributed by atoms with E-state index in [1.165, 1.54) is 12.1 Å². The van der Waals surface area contributed by atoms with Crippen molar-refractivity contribution in [2.24, 2.45) is 5.41 Å². The Balaban J connectivity index is 1.82. The first-order valence-corrected chi connectivity index (χ1v) is 10.2. The topological polar surface area (TPSA) is 92.5 Å². The molecule has 1 aliphatic rings. The van der Waals surface area contributed by atoms with Gasteiger partial charge in [0.1, 0.15) is 11.6 Å². The van der Waals surface area contributed by atoms with E-state index >= 15 is 0 Å². The van der Waals surface area contributed by atoms with Crippen LogP contribution in [0.2, 0.25) is 0 Å². The predicted octanol–water partition coefficient (Wildman–Crippen LogP) is 3.29. The fraction of sp³-hybridized carbons (Fsp3) is 0.500. The number of nitrogens with zero attached hydrogens (tertiary/aromatic N) is 5. The number of piperazine rings is 1. The third-order valence-corrected chi connectivity index (χ3v) is 5.34. The summed E-state index contributed by atoms with van der Waals surface area (Å²) in [5, 5.41) is 10.9. The second-order valence-corrected chi connectivity index (χ2v) is 8.79. The minimum Gasteiger partial charge on any atom is -0.353 e. The average molecular weight is 412 g/mol. The lowest BCUT2D eigenvalue weighted by atomic mass is 9.94. The van der Waals surface area contributed by atoms with Crippen molar-refractivity contribution in [3.8, 4) is 0 Å². The SMILES string of the molecule is Cc1nc(C)c(Cc2ccc([N+](=O)[O-])cc2)c(N2CCN(C(=O)C(C)(C)C)CC2)n1. The molecule has 1 amide bonds. The first-order chi connectivity index (χ1) is 14.1. The summed E-state index contributed by atoms with van der Waals surface area (Å²) in [6, 6.07) is 6.61. The monoisotopic (exact) mass is 411 g/mol. The van der Waals surface area contributed by atoms with Gasteiger partial charge < -0.3 is 9.80 Å². The molecule has 1 aliphatic heterocycles. The lowest BCUT2D eigenvalue weighted by molar-refractivity contribution is -0.384. The molecule has 8 nitrogen and oxygen atoms in total. The van der Waals surface area contributed by atoms with Crippen molar-refractivity contribution < 1.29 is 9.72 Å². The quantitative estimate of drug-likeness (QED) is 0.566. The van der Waals surface area contributed by atoms with E-state index in [4.69, 9.17) is 4.98 Å². The highest BCUT2D eigenvalue weighted by Gasteiger charge is 2.30. The van der Waals surface area contributed by atoms with Gasteiger partial charge >= 0.3 is 0 Å². The standard InChI is InChI=1S/C22H29N5O3/c1-15-19(14-17-6-8-18(9-7-17)27(29)30)20(24-16(2)23-15)25-10-12-26(13-11-25)21(28)22(3,4)5/h6-9H,10-14H2,1-5H3. The Morgan fingerprint density at radius 3 is 2.20 bits per heavy atom. The fourth-order valence-electron chi connectivity index (χ4n) is 3.72. The van der Waals surface area contributed by atoms with Crippen LogP contribution in [-0.2, 0) is 11.2 Å². The van der Waals surface area contributed by atoms with Crippen LogP contribution >= 0.6 is 0 Å². The Morgan fingerprint density at radius 2 is 1.67 bits per heavy atom. The molecule has 0 saturated carbocycles. The van der Waals surface area contributed by atoms with Crippen molar-refractivity contribution in [2.45, 2.75) is 41.0 Å². The second-order valence-electron chi connectivity index (χ2n) is 8.79. The summed E-state index contributed by atoms with van der Waals surface area (Å²) < 4.78 is 0. The molecule has 0 radical (unpaired) electrons. The molecule has 0 unspecified atom stereocenters. The van der Waals surface area contributed by atoms with Crippen LogP contribution in [0.5, 0.6) is 0 Å². The third kappa shape index (κ3) is 4.75. The number of amides is 1. The van der Waals surface area contributed by atoms with E-state index in [9.17, 15) is 14.9 Å². The number of rotatable bonds is 4. The zero-order valence-corrected chi connectivity index (χ0v) is 18.3. The molecule has 1 fully saturated rings. The van der Waals surface area contributed by atoms with Gasteiger partial charge in [-0.15, -0.1) is 0 Å². The lowest BCUT2D eigenvalue weighted by Gasteiger charge is -2.39. The second kappa shape index (κ2) is 8.38. The molecule has 0 atom stereocenters. The highest BCUT2D eigenvalue weighted by Crippen LogP contribution is 2.27. The van der Waals surface area contributed by atoms with E-state index in [2.05, 4.69) is 9.88 Å². The number of nitro groups is 1. The number of aryl methyl sites for hydroxylation is 2. The maximum Gasteiger partial charge on any atom is 0.269 e. The summed E-state index contributed by atoms with van der Waals surface area (Å²) >= 11 is 0. The van der Waals surface area contributed by atoms with E-state index in [0.29, 0.717) is 38.4 Å². The van der Waals surface area contributed by atoms with Crippen LogP contribution in [0.25, 0.3) is 0 Å². The number of hydrogen-bond acceptors (Lipinski definition) is 6. The van der Waals surface area contributed by atoms with Gasteiger partial charge in [-0.2, -0.15) is 0 Å². The molecule has 0 bridgehead atoms. The first-order valence-electron chi connectivity index (χ1n) is 10.2. The maximum atomic E-state index is 12.6. The van der Waals surface area contributed by atoms with Crippen LogP contribution in [0.15, 0.2) is 24.3 Å². The van der Waals surface area contributed by atoms with Crippen LogP contribution in [0.4, 0.5) is 11.5 Å². The molecule has 160 valence electrons. The molecule has 1 aromatic heterocycles. The number of aromatic nitrogens is 2. The molecule has 2 aromatic rings. The molecule has 1 aromatic carbocycles. The van der Waals surface area contributed by atoms with E-state index in [-0.39, 0.29) is 17.0 Å². The Bertz CT molecular complexity index is 942. The van der Waals surface area contributed by atoms with Crippen molar-refractivity contribution in [3.63, 3.8) is 0 Å². The molecular formula is C22H29N5O3. The molecule has 0 spiro atoms. The van der Waals surface area contributed by atoms with Crippen molar-refractivity contribution in [3.05, 3.63) is 57.0 Å². The summed E-state index contributed by atoms with van der Waals surface area (Å²) in [4.78, 5) is 36.5. The van der Waals surface area contributed by atoms with E-state index in [1.807, 2.05) is 39.5 Å². The molecule has 0 N–H and O–H groups in total. The average Bonchev–Trinajstić information content (AvgIpc) is 2.69. The number of carbonyl (C=O) groups excluding carboxylic acids is 1. The van der Waals surface area contributed by atoms with Crippen molar-refractivity contribution in [1.29, 1.82) is 0 Å². The minimum atomic E-state index is -0.395. The number of anilines is 1. The van der Waals surface area contributed by atoms with E-state index < -0.39 is 4.92 Å². The van der Waals surface area contributed by atoms with Crippen molar-refractivity contribution in [1.82, 2.24) is 14.9 Å². The molecule has 2 heterocycles. The van der Waals surface area contributed by atoms with Crippen molar-refractivity contribution >= 4 is 17.4 Å². The zero-order chi connectivity index (χ0) is 22.1. The van der Waals surface area contributed by atoms with Crippen molar-refractivity contribution in [2.75, 3.05) is 31.1 Å². The van der Waals surface area contributed by atoms with Gasteiger partial charge in [-0.1, -0.05) is 32.9 Å². The normalized spacial score (nSPS) is 14.7. The van der Waals surface area contributed by atoms with Gasteiger partial charge in [-0.3, -0.25) is 14.9 Å². The molecular weight excluding hydrogens is 382 g/mol. The molecule has 3 rings (SSSR count). The predicted molar refractivity (Wildman–Crippen MR) is 116 cm³/mol. The Hall–Kier alpha value is -3.03. The van der Waals surface area contributed by atoms with Crippen LogP contribution in [0.1, 0.15) is 43.4 Å². The van der Waals surface area contributed by atoms with Gasteiger partial charge in [0.2, 0.25) is 5.91 Å². The highest BCUT2D eigenvalue weighted by molar-refractivity contribution is 5.81. The molecule has 30 heavy (non-hydrogen) atoms. The van der Waals surface area contributed by atoms with Gasteiger partial charge in [0, 0.05) is 61.4 Å². The molecule has 0 aliphatic carbocycles. The number of benzene rings is 1. The first kappa shape index (κ1) is 21.7. The van der Waals surface area contributed by atoms with Crippen LogP contribution in [0, 0.1) is 29.4 Å². The zero-order valence-electron chi connectivity index (χ0n) is 18.3. The smallest absolute Gasteiger partial charge is 0.269 e. The van der Waals surface area contributed by atoms with E-state index in [1.54, 1.807) is 12.1 Å². The summed E-state index contributed by atoms with van der Waals surface area (Å²) in [6.45, 7) is 12.4. The lowest BCUT2D eigenvalue weighted by Crippen LogP contribution is -2.52. The van der Waals surface area contributed by atoms with Gasteiger partial charge in [0.15, 0.2) is 0 Å². The highest BCUT2D eigenvalue weighted by atomic mass is 16.6. The third-order valence-electron chi connectivity index (χ3n) is 5.34. The van der Waals surface area contributed by atoms with Crippen LogP contribution in [0.3, 0.4) is 0 Å². The number of non-ortho nitro benzene ring substituents is 1. The Morgan fingerprint density at radius 1 is 1.07 bits per heavy atom. The maximum absolute atomic E-state index is 12.6. The minimum absolute atomic E-state index is 0.0792. The van der Waals surface area contributed by atoms with Gasteiger partial charge in [-0.05, 0) is 19.4 Å². The van der Waals surface area contributed by atoms with Crippen LogP contribution < -0.4 is 4.90 Å². The Kier molecular flexibility index (Phi) is 6.05. The van der Waals surface area contributed by atoms with E-state index in [0.717, 1.165) is 22.6 Å². The van der Waals surface area contributed by atoms with Gasteiger partial charge in [0.05, 0.1) is 4.92 Å². The van der Waals surface area contributed by atoms with Gasteiger partial charge in [-0.25, -0.2) is 9.97 Å².